The number of rotatable bonds is 8. The van der Waals surface area contributed by atoms with E-state index in [1.54, 1.807) is 0 Å². The Hall–Kier alpha value is -3.47. The molecule has 0 saturated carbocycles. The molecule has 0 amide bonds. The van der Waals surface area contributed by atoms with Crippen molar-refractivity contribution in [1.82, 2.24) is 4.90 Å². The van der Waals surface area contributed by atoms with Crippen LogP contribution in [0.25, 0.3) is 0 Å². The predicted octanol–water partition coefficient (Wildman–Crippen LogP) is -0.756. The van der Waals surface area contributed by atoms with Gasteiger partial charge in [0.1, 0.15) is 29.5 Å². The van der Waals surface area contributed by atoms with Gasteiger partial charge in [-0.05, 0) is 13.0 Å². The van der Waals surface area contributed by atoms with E-state index in [0.717, 1.165) is 4.90 Å². The number of Topliss-reactive ketones (excluding diaryl/α,β-unsaturated/α-hetero) is 1. The van der Waals surface area contributed by atoms with Gasteiger partial charge in [0.15, 0.2) is 17.9 Å². The first-order chi connectivity index (χ1) is 20.4. The maximum absolute atomic E-state index is 13.7. The summed E-state index contributed by atoms with van der Waals surface area (Å²) < 4.78 is 17.2. The molecule has 5 rings (SSSR count). The minimum absolute atomic E-state index is 0.0698. The summed E-state index contributed by atoms with van der Waals surface area (Å²) in [5.74, 6) is -4.01. The number of benzene rings is 2. The molecule has 14 nitrogen and oxygen atoms in total. The van der Waals surface area contributed by atoms with E-state index in [0.29, 0.717) is 0 Å². The molecule has 0 aromatic heterocycles. The van der Waals surface area contributed by atoms with Crippen LogP contribution in [0.2, 0.25) is 0 Å². The van der Waals surface area contributed by atoms with E-state index in [-0.39, 0.29) is 34.4 Å². The summed E-state index contributed by atoms with van der Waals surface area (Å²) in [6.45, 7) is -0.740. The molecular weight excluding hydrogens is 570 g/mol. The van der Waals surface area contributed by atoms with Gasteiger partial charge in [0.25, 0.3) is 0 Å². The van der Waals surface area contributed by atoms with Gasteiger partial charge in [-0.15, -0.1) is 0 Å². The minimum Gasteiger partial charge on any atom is -0.507 e. The van der Waals surface area contributed by atoms with Gasteiger partial charge in [-0.3, -0.25) is 19.3 Å². The van der Waals surface area contributed by atoms with E-state index >= 15 is 0 Å². The summed E-state index contributed by atoms with van der Waals surface area (Å²) in [5, 5.41) is 73.9. The molecule has 2 aromatic carbocycles. The van der Waals surface area contributed by atoms with Crippen LogP contribution in [0.15, 0.2) is 18.2 Å². The molecule has 1 aliphatic heterocycles. The van der Waals surface area contributed by atoms with Crippen LogP contribution in [-0.2, 0) is 20.7 Å². The SMILES string of the molecule is COc1cccc2c1C(=O)c1c(O)c3c(c(O)c1C2=O)C[C@@](O)(C(=O)CO)C[C@@H]3O[C@H]1CC(N(CO)CO)C(O)[C@@H](C)O1. The first-order valence-corrected chi connectivity index (χ1v) is 13.6. The van der Waals surface area contributed by atoms with Crippen molar-refractivity contribution in [3.63, 3.8) is 0 Å². The lowest BCUT2D eigenvalue weighted by atomic mass is 9.72. The number of fused-ring (bicyclic) bond motifs is 3. The Kier molecular flexibility index (Phi) is 8.32. The normalized spacial score (nSPS) is 28.3. The number of nitrogens with zero attached hydrogens (tertiary/aromatic N) is 1. The summed E-state index contributed by atoms with van der Waals surface area (Å²) in [7, 11) is 1.31. The Morgan fingerprint density at radius 3 is 2.37 bits per heavy atom. The number of aliphatic hydroxyl groups excluding tert-OH is 4. The van der Waals surface area contributed by atoms with Gasteiger partial charge < -0.3 is 50.0 Å². The first kappa shape index (κ1) is 31.0. The van der Waals surface area contributed by atoms with Crippen molar-refractivity contribution in [2.24, 2.45) is 0 Å². The quantitative estimate of drug-likeness (QED) is 0.124. The molecule has 7 N–H and O–H groups in total. The fourth-order valence-electron chi connectivity index (χ4n) is 6.31. The molecule has 232 valence electrons. The van der Waals surface area contributed by atoms with Crippen molar-refractivity contribution in [2.45, 2.75) is 62.4 Å². The van der Waals surface area contributed by atoms with Crippen LogP contribution in [0.5, 0.6) is 17.2 Å². The number of ketones is 3. The van der Waals surface area contributed by atoms with Crippen molar-refractivity contribution in [1.29, 1.82) is 0 Å². The third kappa shape index (κ3) is 4.89. The molecule has 0 bridgehead atoms. The van der Waals surface area contributed by atoms with Crippen LogP contribution in [-0.4, -0.2) is 115 Å². The van der Waals surface area contributed by atoms with E-state index in [1.807, 2.05) is 0 Å². The highest BCUT2D eigenvalue weighted by Gasteiger charge is 2.50. The summed E-state index contributed by atoms with van der Waals surface area (Å²) in [6.07, 6.45) is -5.94. The van der Waals surface area contributed by atoms with Gasteiger partial charge in [-0.2, -0.15) is 0 Å². The van der Waals surface area contributed by atoms with Crippen molar-refractivity contribution in [2.75, 3.05) is 27.2 Å². The highest BCUT2D eigenvalue weighted by Crippen LogP contribution is 2.52. The molecule has 2 aliphatic carbocycles. The molecule has 1 saturated heterocycles. The molecular formula is C29H33NO13. The van der Waals surface area contributed by atoms with E-state index in [2.05, 4.69) is 0 Å². The number of hydrogen-bond acceptors (Lipinski definition) is 14. The molecule has 3 aliphatic rings. The number of carbonyl (C=O) groups is 3. The number of methoxy groups -OCH3 is 1. The number of phenols is 2. The zero-order valence-electron chi connectivity index (χ0n) is 23.4. The van der Waals surface area contributed by atoms with Crippen LogP contribution in [0.3, 0.4) is 0 Å². The average Bonchev–Trinajstić information content (AvgIpc) is 2.99. The van der Waals surface area contributed by atoms with E-state index in [9.17, 15) is 50.1 Å². The van der Waals surface area contributed by atoms with Crippen molar-refractivity contribution in [3.8, 4) is 17.2 Å². The fourth-order valence-corrected chi connectivity index (χ4v) is 6.31. The molecule has 14 heteroatoms. The highest BCUT2D eigenvalue weighted by atomic mass is 16.7. The summed E-state index contributed by atoms with van der Waals surface area (Å²) in [4.78, 5) is 41.2. The molecule has 2 unspecified atom stereocenters. The standard InChI is InChI=1S/C29H33NO13/c1-12-24(35)15(30(10-32)11-33)6-19(42-12)43-17-8-29(40,18(34)9-31)7-14-21(17)28(39)23-22(26(14)37)25(36)13-4-3-5-16(41-2)20(13)27(23)38/h3-5,12,15,17,19,24,31-33,35,37,39-40H,6-11H2,1-2H3/t12-,15?,17+,19+,24?,29+/m1/s1. The molecule has 1 heterocycles. The van der Waals surface area contributed by atoms with Crippen LogP contribution in [0.4, 0.5) is 0 Å². The summed E-state index contributed by atoms with van der Waals surface area (Å²) >= 11 is 0. The van der Waals surface area contributed by atoms with Crippen molar-refractivity contribution >= 4 is 17.3 Å². The number of hydrogen-bond donors (Lipinski definition) is 7. The van der Waals surface area contributed by atoms with Gasteiger partial charge in [-0.1, -0.05) is 12.1 Å². The van der Waals surface area contributed by atoms with Crippen LogP contribution >= 0.6 is 0 Å². The first-order valence-electron chi connectivity index (χ1n) is 13.6. The minimum atomic E-state index is -2.31. The lowest BCUT2D eigenvalue weighted by molar-refractivity contribution is -0.263. The zero-order valence-corrected chi connectivity index (χ0v) is 23.4. The van der Waals surface area contributed by atoms with Crippen LogP contribution in [0, 0.1) is 0 Å². The number of ether oxygens (including phenoxy) is 3. The molecule has 43 heavy (non-hydrogen) atoms. The topological polar surface area (TPSA) is 224 Å². The summed E-state index contributed by atoms with van der Waals surface area (Å²) in [5.41, 5.74) is -3.95. The maximum atomic E-state index is 13.7. The molecule has 1 fully saturated rings. The molecule has 0 spiro atoms. The lowest BCUT2D eigenvalue weighted by Gasteiger charge is -2.44. The van der Waals surface area contributed by atoms with Gasteiger partial charge >= 0.3 is 0 Å². The van der Waals surface area contributed by atoms with Crippen molar-refractivity contribution in [3.05, 3.63) is 51.6 Å². The number of carbonyl (C=O) groups excluding carboxylic acids is 3. The largest absolute Gasteiger partial charge is 0.507 e. The van der Waals surface area contributed by atoms with E-state index < -0.39 is 109 Å². The van der Waals surface area contributed by atoms with E-state index in [1.165, 1.54) is 32.2 Å². The maximum Gasteiger partial charge on any atom is 0.202 e. The third-order valence-electron chi connectivity index (χ3n) is 8.56. The smallest absolute Gasteiger partial charge is 0.202 e. The van der Waals surface area contributed by atoms with Gasteiger partial charge in [0.05, 0.1) is 55.6 Å². The third-order valence-corrected chi connectivity index (χ3v) is 8.56. The van der Waals surface area contributed by atoms with Crippen molar-refractivity contribution < 1.29 is 64.3 Å². The molecule has 0 radical (unpaired) electrons. The average molecular weight is 604 g/mol. The zero-order chi connectivity index (χ0) is 31.4. The van der Waals surface area contributed by atoms with Crippen LogP contribution < -0.4 is 4.74 Å². The Bertz CT molecular complexity index is 1470. The Morgan fingerprint density at radius 1 is 1.07 bits per heavy atom. The Labute approximate surface area is 245 Å². The van der Waals surface area contributed by atoms with Gasteiger partial charge in [0, 0.05) is 42.0 Å². The van der Waals surface area contributed by atoms with Crippen LogP contribution in [0.1, 0.15) is 68.8 Å². The second-order valence-corrected chi connectivity index (χ2v) is 10.9. The number of phenolic OH excluding ortho intramolecular Hbond substituents is 2. The van der Waals surface area contributed by atoms with Gasteiger partial charge in [0.2, 0.25) is 5.78 Å². The number of aromatic hydroxyl groups is 2. The Morgan fingerprint density at radius 2 is 1.74 bits per heavy atom. The Balaban J connectivity index is 1.65. The second kappa shape index (κ2) is 11.6. The molecule has 6 atom stereocenters. The highest BCUT2D eigenvalue weighted by molar-refractivity contribution is 6.31. The number of aliphatic hydroxyl groups is 5. The second-order valence-electron chi connectivity index (χ2n) is 10.9. The summed E-state index contributed by atoms with van der Waals surface area (Å²) in [6, 6.07) is 3.46. The lowest BCUT2D eigenvalue weighted by Crippen LogP contribution is -2.56. The predicted molar refractivity (Wildman–Crippen MR) is 144 cm³/mol. The monoisotopic (exact) mass is 603 g/mol. The fraction of sp³-hybridized carbons (Fsp3) is 0.483. The molecule has 2 aromatic rings. The van der Waals surface area contributed by atoms with E-state index in [4.69, 9.17) is 14.2 Å². The van der Waals surface area contributed by atoms with Gasteiger partial charge in [-0.25, -0.2) is 0 Å².